The molecule has 0 bridgehead atoms. The Labute approximate surface area is 481 Å². The molecule has 0 saturated carbocycles. The fourth-order valence-electron chi connectivity index (χ4n) is 9.40. The molecule has 0 aliphatic carbocycles. The molecule has 0 aliphatic rings. The summed E-state index contributed by atoms with van der Waals surface area (Å²) >= 11 is 0. The van der Waals surface area contributed by atoms with Gasteiger partial charge in [0.1, 0.15) is 0 Å². The third-order valence-corrected chi connectivity index (χ3v) is 14.8. The fraction of sp³-hybridized carbons (Fsp3) is 1.00. The maximum atomic E-state index is 8.75. The molecule has 1 atom stereocenters. The first-order valence-corrected chi connectivity index (χ1v) is 34.1. The van der Waals surface area contributed by atoms with E-state index < -0.39 is 0 Å². The average molecular weight is 1070 g/mol. The standard InChI is InChI=1S/3C20H42N.C8H18O.Ti/c3*1-3-5-7-9-11-13-15-17-19-21-20-18-16-14-12-10-8-6-4-2;1-3-5-6-8(4-2)7-9;/h3*3-20H2,1-2H3;8-9H,3-7H2,1-2H3;/q3*-1;;+3. The number of hydrogen-bond donors (Lipinski definition) is 1. The number of hydrogen-bond acceptors (Lipinski definition) is 1. The SMILES string of the molecule is CCCCC(CC)CO.CCCCCCCCCC[N-]CCCCCCCCCC.CCCCCCCCCC[N-]CCCCCCCCCC.CCCCCCCCCC[N-]CCCCCCCCCC.[Ti+3]. The second-order valence-electron chi connectivity index (χ2n) is 22.5. The average Bonchev–Trinajstić information content (AvgIpc) is 3.40. The minimum Gasteiger partial charge on any atom is -0.662 e. The van der Waals surface area contributed by atoms with Gasteiger partial charge in [-0.3, -0.25) is 0 Å². The minimum atomic E-state index is 0. The Morgan fingerprint density at radius 3 is 0.507 bits per heavy atom. The van der Waals surface area contributed by atoms with Gasteiger partial charge in [0.15, 0.2) is 0 Å². The molecule has 0 amide bonds. The molecule has 0 rings (SSSR count). The predicted octanol–water partition coefficient (Wildman–Crippen LogP) is 25.1. The van der Waals surface area contributed by atoms with Crippen molar-refractivity contribution in [1.82, 2.24) is 0 Å². The van der Waals surface area contributed by atoms with E-state index in [2.05, 4.69) is 71.3 Å². The molecule has 441 valence electrons. The molecule has 0 spiro atoms. The van der Waals surface area contributed by atoms with Crippen LogP contribution in [0.4, 0.5) is 0 Å². The van der Waals surface area contributed by atoms with Crippen molar-refractivity contribution in [3.05, 3.63) is 16.0 Å². The summed E-state index contributed by atoms with van der Waals surface area (Å²) in [5.74, 6) is 0.560. The van der Waals surface area contributed by atoms with Crippen molar-refractivity contribution in [2.45, 2.75) is 389 Å². The predicted molar refractivity (Wildman–Crippen MR) is 335 cm³/mol. The van der Waals surface area contributed by atoms with E-state index in [1.54, 1.807) is 0 Å². The summed E-state index contributed by atoms with van der Waals surface area (Å²) in [7, 11) is 0. The topological polar surface area (TPSA) is 62.5 Å². The van der Waals surface area contributed by atoms with E-state index in [1.807, 2.05) is 0 Å². The summed E-state index contributed by atoms with van der Waals surface area (Å²) in [6.45, 7) is 25.1. The normalized spacial score (nSPS) is 11.3. The Morgan fingerprint density at radius 2 is 0.370 bits per heavy atom. The van der Waals surface area contributed by atoms with Gasteiger partial charge in [-0.05, 0) is 12.3 Å². The van der Waals surface area contributed by atoms with Crippen molar-refractivity contribution >= 4 is 0 Å². The molecule has 0 heterocycles. The molecule has 1 N–H and O–H groups in total. The van der Waals surface area contributed by atoms with Gasteiger partial charge in [-0.2, -0.15) is 0 Å². The summed E-state index contributed by atoms with van der Waals surface area (Å²) in [5.41, 5.74) is 0. The monoisotopic (exact) mass is 1070 g/mol. The van der Waals surface area contributed by atoms with Gasteiger partial charge >= 0.3 is 21.7 Å². The van der Waals surface area contributed by atoms with Crippen LogP contribution in [0.5, 0.6) is 0 Å². The molecule has 4 nitrogen and oxygen atoms in total. The molecule has 0 aliphatic heterocycles. The molecule has 1 unspecified atom stereocenters. The summed E-state index contributed by atoms with van der Waals surface area (Å²) < 4.78 is 0. The van der Waals surface area contributed by atoms with Gasteiger partial charge in [-0.25, -0.2) is 0 Å². The molecule has 0 aromatic rings. The molecule has 0 saturated heterocycles. The van der Waals surface area contributed by atoms with Crippen LogP contribution < -0.4 is 0 Å². The molecule has 1 radical (unpaired) electrons. The van der Waals surface area contributed by atoms with Crippen LogP contribution >= 0.6 is 0 Å². The van der Waals surface area contributed by atoms with E-state index in [9.17, 15) is 0 Å². The largest absolute Gasteiger partial charge is 3.00 e. The first-order chi connectivity index (χ1) is 35.6. The van der Waals surface area contributed by atoms with Crippen LogP contribution in [0.3, 0.4) is 0 Å². The van der Waals surface area contributed by atoms with Gasteiger partial charge < -0.3 is 21.1 Å². The molecule has 0 aromatic carbocycles. The van der Waals surface area contributed by atoms with E-state index in [4.69, 9.17) is 5.11 Å². The van der Waals surface area contributed by atoms with E-state index >= 15 is 0 Å². The molecular formula is C68H144N3OTi. The number of rotatable bonds is 59. The van der Waals surface area contributed by atoms with Crippen LogP contribution in [-0.2, 0) is 21.7 Å². The van der Waals surface area contributed by atoms with Crippen LogP contribution in [0, 0.1) is 5.92 Å². The minimum absolute atomic E-state index is 0. The molecule has 5 heteroatoms. The van der Waals surface area contributed by atoms with Gasteiger partial charge in [0.2, 0.25) is 0 Å². The molecular weight excluding hydrogens is 923 g/mol. The van der Waals surface area contributed by atoms with Crippen LogP contribution in [-0.4, -0.2) is 51.0 Å². The summed E-state index contributed by atoms with van der Waals surface area (Å²) in [6.07, 6.45) is 72.4. The first kappa shape index (κ1) is 82.4. The van der Waals surface area contributed by atoms with E-state index in [1.165, 1.54) is 327 Å². The fourth-order valence-corrected chi connectivity index (χ4v) is 9.40. The van der Waals surface area contributed by atoms with Crippen molar-refractivity contribution in [3.8, 4) is 0 Å². The number of aliphatic hydroxyl groups excluding tert-OH is 1. The van der Waals surface area contributed by atoms with Crippen LogP contribution in [0.2, 0.25) is 0 Å². The third kappa shape index (κ3) is 92.3. The Kier molecular flexibility index (Phi) is 97.6. The van der Waals surface area contributed by atoms with Crippen molar-refractivity contribution in [3.63, 3.8) is 0 Å². The van der Waals surface area contributed by atoms with Crippen LogP contribution in [0.15, 0.2) is 0 Å². The summed E-state index contributed by atoms with van der Waals surface area (Å²) in [6, 6.07) is 0. The molecule has 0 aromatic heterocycles. The van der Waals surface area contributed by atoms with Gasteiger partial charge in [-0.1, -0.05) is 383 Å². The smallest absolute Gasteiger partial charge is 0.662 e. The molecule has 0 fully saturated rings. The zero-order chi connectivity index (χ0) is 53.4. The van der Waals surface area contributed by atoms with Crippen molar-refractivity contribution in [1.29, 1.82) is 0 Å². The number of nitrogens with zero attached hydrogens (tertiary/aromatic N) is 3. The quantitative estimate of drug-likeness (QED) is 0.0479. The zero-order valence-electron chi connectivity index (χ0n) is 52.6. The van der Waals surface area contributed by atoms with Crippen molar-refractivity contribution < 1.29 is 26.8 Å². The van der Waals surface area contributed by atoms with Crippen LogP contribution in [0.1, 0.15) is 389 Å². The second kappa shape index (κ2) is 86.4. The Balaban J connectivity index is -0.000000290. The Morgan fingerprint density at radius 1 is 0.219 bits per heavy atom. The van der Waals surface area contributed by atoms with Gasteiger partial charge in [0, 0.05) is 6.61 Å². The first-order valence-electron chi connectivity index (χ1n) is 34.1. The van der Waals surface area contributed by atoms with E-state index in [0.29, 0.717) is 12.5 Å². The maximum absolute atomic E-state index is 8.75. The van der Waals surface area contributed by atoms with Gasteiger partial charge in [0.25, 0.3) is 0 Å². The third-order valence-electron chi connectivity index (χ3n) is 14.8. The maximum Gasteiger partial charge on any atom is 3.00 e. The van der Waals surface area contributed by atoms with Gasteiger partial charge in [0.05, 0.1) is 0 Å². The van der Waals surface area contributed by atoms with E-state index in [-0.39, 0.29) is 21.7 Å². The number of aliphatic hydroxyl groups is 1. The van der Waals surface area contributed by atoms with Crippen molar-refractivity contribution in [2.75, 3.05) is 45.9 Å². The summed E-state index contributed by atoms with van der Waals surface area (Å²) in [4.78, 5) is 0. The Hall–Kier alpha value is 0.554. The van der Waals surface area contributed by atoms with Gasteiger partial charge in [-0.15, -0.1) is 39.3 Å². The van der Waals surface area contributed by atoms with E-state index in [0.717, 1.165) is 45.7 Å². The Bertz CT molecular complexity index is 668. The zero-order valence-corrected chi connectivity index (χ0v) is 54.1. The van der Waals surface area contributed by atoms with Crippen molar-refractivity contribution in [2.24, 2.45) is 5.92 Å². The summed E-state index contributed by atoms with van der Waals surface area (Å²) in [5, 5.41) is 22.8. The second-order valence-corrected chi connectivity index (χ2v) is 22.5. The number of unbranched alkanes of at least 4 members (excludes halogenated alkanes) is 43. The van der Waals surface area contributed by atoms with Crippen LogP contribution in [0.25, 0.3) is 16.0 Å². The molecule has 73 heavy (non-hydrogen) atoms.